The summed E-state index contributed by atoms with van der Waals surface area (Å²) in [7, 11) is 0. The van der Waals surface area contributed by atoms with Crippen LogP contribution in [0.4, 0.5) is 11.8 Å². The largest absolute Gasteiger partial charge is 0.438 e. The quantitative estimate of drug-likeness (QED) is 0.506. The number of benzene rings is 2. The van der Waals surface area contributed by atoms with Crippen LogP contribution in [-0.4, -0.2) is 9.97 Å². The molecular formula is C23H18N4O. The predicted octanol–water partition coefficient (Wildman–Crippen LogP) is 5.64. The van der Waals surface area contributed by atoms with Crippen molar-refractivity contribution in [1.82, 2.24) is 9.97 Å². The lowest BCUT2D eigenvalue weighted by atomic mass is 9.98. The Morgan fingerprint density at radius 1 is 0.857 bits per heavy atom. The van der Waals surface area contributed by atoms with Crippen molar-refractivity contribution in [2.45, 2.75) is 13.8 Å². The summed E-state index contributed by atoms with van der Waals surface area (Å²) in [6, 6.07) is 23.7. The fourth-order valence-electron chi connectivity index (χ4n) is 3.18. The van der Waals surface area contributed by atoms with E-state index in [0.717, 1.165) is 28.1 Å². The Labute approximate surface area is 163 Å². The second-order valence-electron chi connectivity index (χ2n) is 6.45. The van der Waals surface area contributed by atoms with Crippen molar-refractivity contribution in [3.63, 3.8) is 0 Å². The molecule has 1 N–H and O–H groups in total. The molecule has 0 saturated heterocycles. The maximum Gasteiger partial charge on any atom is 0.230 e. The summed E-state index contributed by atoms with van der Waals surface area (Å²) in [5.74, 6) is 1.38. The smallest absolute Gasteiger partial charge is 0.230 e. The van der Waals surface area contributed by atoms with Crippen LogP contribution in [0.1, 0.15) is 17.0 Å². The summed E-state index contributed by atoms with van der Waals surface area (Å²) >= 11 is 0. The fraction of sp³-hybridized carbons (Fsp3) is 0.0870. The SMILES string of the molecule is Cc1cc(C)nc(Nc2oc(-c3ccccc3)c(-c3ccccc3)c2C#N)n1. The zero-order valence-corrected chi connectivity index (χ0v) is 15.6. The molecule has 0 aliphatic carbocycles. The first kappa shape index (κ1) is 17.5. The van der Waals surface area contributed by atoms with Gasteiger partial charge in [-0.1, -0.05) is 60.7 Å². The number of hydrogen-bond acceptors (Lipinski definition) is 5. The second kappa shape index (κ2) is 7.37. The fourth-order valence-corrected chi connectivity index (χ4v) is 3.18. The Kier molecular flexibility index (Phi) is 4.61. The van der Waals surface area contributed by atoms with E-state index in [9.17, 15) is 5.26 Å². The van der Waals surface area contributed by atoms with E-state index >= 15 is 0 Å². The van der Waals surface area contributed by atoms with E-state index in [1.165, 1.54) is 0 Å². The van der Waals surface area contributed by atoms with E-state index in [-0.39, 0.29) is 0 Å². The highest BCUT2D eigenvalue weighted by Gasteiger charge is 2.23. The van der Waals surface area contributed by atoms with Gasteiger partial charge in [-0.2, -0.15) is 5.26 Å². The van der Waals surface area contributed by atoms with Crippen molar-refractivity contribution in [1.29, 1.82) is 5.26 Å². The van der Waals surface area contributed by atoms with Crippen molar-refractivity contribution in [3.05, 3.63) is 83.7 Å². The van der Waals surface area contributed by atoms with Crippen molar-refractivity contribution < 1.29 is 4.42 Å². The van der Waals surface area contributed by atoms with Gasteiger partial charge in [0, 0.05) is 22.5 Å². The molecular weight excluding hydrogens is 348 g/mol. The van der Waals surface area contributed by atoms with E-state index in [2.05, 4.69) is 21.4 Å². The molecule has 0 radical (unpaired) electrons. The lowest BCUT2D eigenvalue weighted by Gasteiger charge is -2.04. The first-order valence-electron chi connectivity index (χ1n) is 8.92. The van der Waals surface area contributed by atoms with Crippen LogP contribution in [0.2, 0.25) is 0 Å². The summed E-state index contributed by atoms with van der Waals surface area (Å²) in [4.78, 5) is 8.79. The van der Waals surface area contributed by atoms with Crippen molar-refractivity contribution in [2.75, 3.05) is 5.32 Å². The molecule has 5 nitrogen and oxygen atoms in total. The molecule has 4 rings (SSSR count). The predicted molar refractivity (Wildman–Crippen MR) is 109 cm³/mol. The van der Waals surface area contributed by atoms with Crippen molar-refractivity contribution in [3.8, 4) is 28.5 Å². The monoisotopic (exact) mass is 366 g/mol. The third-order valence-electron chi connectivity index (χ3n) is 4.33. The third-order valence-corrected chi connectivity index (χ3v) is 4.33. The number of nitrogens with one attached hydrogen (secondary N) is 1. The highest BCUT2D eigenvalue weighted by Crippen LogP contribution is 2.41. The summed E-state index contributed by atoms with van der Waals surface area (Å²) in [5.41, 5.74) is 4.66. The number of rotatable bonds is 4. The van der Waals surface area contributed by atoms with Gasteiger partial charge in [-0.05, 0) is 25.5 Å². The lowest BCUT2D eigenvalue weighted by molar-refractivity contribution is 0.599. The number of anilines is 2. The second-order valence-corrected chi connectivity index (χ2v) is 6.45. The van der Waals surface area contributed by atoms with E-state index in [4.69, 9.17) is 4.42 Å². The van der Waals surface area contributed by atoms with E-state index in [1.54, 1.807) is 0 Å². The van der Waals surface area contributed by atoms with Crippen LogP contribution in [0, 0.1) is 25.2 Å². The molecule has 0 atom stereocenters. The van der Waals surface area contributed by atoms with Crippen LogP contribution in [0.3, 0.4) is 0 Å². The average Bonchev–Trinajstić information content (AvgIpc) is 3.06. The molecule has 2 aromatic heterocycles. The topological polar surface area (TPSA) is 74.7 Å². The maximum atomic E-state index is 9.92. The Balaban J connectivity index is 1.91. The molecule has 0 bridgehead atoms. The molecule has 5 heteroatoms. The van der Waals surface area contributed by atoms with Crippen LogP contribution in [0.15, 0.2) is 71.1 Å². The van der Waals surface area contributed by atoms with Gasteiger partial charge in [0.1, 0.15) is 17.4 Å². The van der Waals surface area contributed by atoms with Gasteiger partial charge in [-0.15, -0.1) is 0 Å². The highest BCUT2D eigenvalue weighted by atomic mass is 16.4. The first-order chi connectivity index (χ1) is 13.7. The number of aryl methyl sites for hydroxylation is 2. The number of nitriles is 1. The van der Waals surface area contributed by atoms with Crippen molar-refractivity contribution in [2.24, 2.45) is 0 Å². The van der Waals surface area contributed by atoms with Gasteiger partial charge >= 0.3 is 0 Å². The zero-order valence-electron chi connectivity index (χ0n) is 15.6. The molecule has 28 heavy (non-hydrogen) atoms. The average molecular weight is 366 g/mol. The van der Waals surface area contributed by atoms with Gasteiger partial charge in [0.15, 0.2) is 0 Å². The Morgan fingerprint density at radius 2 is 1.43 bits per heavy atom. The van der Waals surface area contributed by atoms with Crippen LogP contribution in [0.25, 0.3) is 22.5 Å². The number of aromatic nitrogens is 2. The summed E-state index contributed by atoms with van der Waals surface area (Å²) < 4.78 is 6.15. The summed E-state index contributed by atoms with van der Waals surface area (Å²) in [6.45, 7) is 3.80. The molecule has 136 valence electrons. The van der Waals surface area contributed by atoms with Gasteiger partial charge in [-0.3, -0.25) is 5.32 Å². The van der Waals surface area contributed by atoms with Crippen LogP contribution in [-0.2, 0) is 0 Å². The lowest BCUT2D eigenvalue weighted by Crippen LogP contribution is -2.00. The number of furan rings is 1. The van der Waals surface area contributed by atoms with Crippen LogP contribution < -0.4 is 5.32 Å². The minimum Gasteiger partial charge on any atom is -0.438 e. The molecule has 0 amide bonds. The molecule has 0 aliphatic rings. The number of hydrogen-bond donors (Lipinski definition) is 1. The normalized spacial score (nSPS) is 10.5. The van der Waals surface area contributed by atoms with E-state index < -0.39 is 0 Å². The number of nitrogens with zero attached hydrogens (tertiary/aromatic N) is 3. The van der Waals surface area contributed by atoms with Crippen LogP contribution in [0.5, 0.6) is 0 Å². The first-order valence-corrected chi connectivity index (χ1v) is 8.92. The van der Waals surface area contributed by atoms with Gasteiger partial charge < -0.3 is 4.42 Å². The van der Waals surface area contributed by atoms with E-state index in [1.807, 2.05) is 80.6 Å². The van der Waals surface area contributed by atoms with Gasteiger partial charge in [0.05, 0.1) is 0 Å². The Hall–Kier alpha value is -3.91. The standard InChI is InChI=1S/C23H18N4O/c1-15-13-16(2)26-23(25-15)27-22-19(14-24)20(17-9-5-3-6-10-17)21(28-22)18-11-7-4-8-12-18/h3-13H,1-2H3,(H,25,26,27). The molecule has 0 aliphatic heterocycles. The Morgan fingerprint density at radius 3 is 2.00 bits per heavy atom. The van der Waals surface area contributed by atoms with Crippen LogP contribution >= 0.6 is 0 Å². The molecule has 2 heterocycles. The summed E-state index contributed by atoms with van der Waals surface area (Å²) in [6.07, 6.45) is 0. The Bertz CT molecular complexity index is 1140. The summed E-state index contributed by atoms with van der Waals surface area (Å²) in [5, 5.41) is 13.0. The van der Waals surface area contributed by atoms with Gasteiger partial charge in [-0.25, -0.2) is 9.97 Å². The minimum absolute atomic E-state index is 0.338. The highest BCUT2D eigenvalue weighted by molar-refractivity contribution is 5.88. The third kappa shape index (κ3) is 3.36. The van der Waals surface area contributed by atoms with Gasteiger partial charge in [0.2, 0.25) is 11.8 Å². The maximum absolute atomic E-state index is 9.92. The van der Waals surface area contributed by atoms with Gasteiger partial charge in [0.25, 0.3) is 0 Å². The minimum atomic E-state index is 0.338. The van der Waals surface area contributed by atoms with Crippen molar-refractivity contribution >= 4 is 11.8 Å². The molecule has 4 aromatic rings. The molecule has 0 spiro atoms. The zero-order chi connectivity index (χ0) is 19.5. The van der Waals surface area contributed by atoms with E-state index in [0.29, 0.717) is 23.2 Å². The molecule has 0 saturated carbocycles. The molecule has 0 fully saturated rings. The molecule has 2 aromatic carbocycles. The molecule has 0 unspecified atom stereocenters.